The number of hydrogen-bond acceptors (Lipinski definition) is 5. The van der Waals surface area contributed by atoms with Crippen LogP contribution in [0, 0.1) is 0 Å². The minimum atomic E-state index is -0.513. The molecule has 0 aliphatic carbocycles. The molecule has 0 spiro atoms. The van der Waals surface area contributed by atoms with Crippen molar-refractivity contribution < 1.29 is 23.7 Å². The molecule has 2 rings (SSSR count). The maximum absolute atomic E-state index is 11.6. The summed E-state index contributed by atoms with van der Waals surface area (Å²) in [4.78, 5) is 11.6. The Labute approximate surface area is 137 Å². The zero-order valence-corrected chi connectivity index (χ0v) is 14.2. The van der Waals surface area contributed by atoms with E-state index < -0.39 is 5.60 Å². The molecule has 1 heterocycles. The van der Waals surface area contributed by atoms with E-state index in [0.29, 0.717) is 18.8 Å². The monoisotopic (exact) mass is 322 g/mol. The molecule has 1 atom stereocenters. The maximum atomic E-state index is 11.6. The van der Waals surface area contributed by atoms with Gasteiger partial charge in [0, 0.05) is 6.61 Å². The van der Waals surface area contributed by atoms with Gasteiger partial charge in [0.1, 0.15) is 0 Å². The summed E-state index contributed by atoms with van der Waals surface area (Å²) in [5, 5.41) is 0. The lowest BCUT2D eigenvalue weighted by atomic mass is 9.96. The second-order valence-electron chi connectivity index (χ2n) is 6.10. The Hall–Kier alpha value is -1.43. The third-order valence-corrected chi connectivity index (χ3v) is 3.97. The molecule has 1 aromatic carbocycles. The summed E-state index contributed by atoms with van der Waals surface area (Å²) in [5.74, 6) is -0.347. The van der Waals surface area contributed by atoms with Crippen LogP contribution in [0.3, 0.4) is 0 Å². The summed E-state index contributed by atoms with van der Waals surface area (Å²) in [6.07, 6.45) is 3.11. The van der Waals surface area contributed by atoms with Crippen LogP contribution in [0.25, 0.3) is 0 Å². The van der Waals surface area contributed by atoms with E-state index in [-0.39, 0.29) is 12.3 Å². The normalized spacial score (nSPS) is 18.7. The summed E-state index contributed by atoms with van der Waals surface area (Å²) in [6, 6.07) is 7.31. The molecular formula is C18H26O5. The van der Waals surface area contributed by atoms with E-state index in [1.165, 1.54) is 7.11 Å². The van der Waals surface area contributed by atoms with Gasteiger partial charge in [-0.1, -0.05) is 12.1 Å². The van der Waals surface area contributed by atoms with E-state index in [2.05, 4.69) is 0 Å². The molecule has 5 nitrogen and oxygen atoms in total. The largest absolute Gasteiger partial charge is 0.465 e. The number of ether oxygens (including phenoxy) is 4. The second kappa shape index (κ2) is 8.43. The summed E-state index contributed by atoms with van der Waals surface area (Å²) in [6.45, 7) is 5.68. The fourth-order valence-corrected chi connectivity index (χ4v) is 2.54. The van der Waals surface area contributed by atoms with Gasteiger partial charge in [-0.15, -0.1) is 0 Å². The molecule has 0 N–H and O–H groups in total. The minimum absolute atomic E-state index is 0.0990. The molecule has 0 amide bonds. The molecule has 1 unspecified atom stereocenters. The van der Waals surface area contributed by atoms with Gasteiger partial charge in [0.15, 0.2) is 6.29 Å². The van der Waals surface area contributed by atoms with E-state index in [4.69, 9.17) is 18.9 Å². The molecule has 0 radical (unpaired) electrons. The van der Waals surface area contributed by atoms with E-state index >= 15 is 0 Å². The average Bonchev–Trinajstić information content (AvgIpc) is 2.59. The van der Waals surface area contributed by atoms with Gasteiger partial charge in [-0.2, -0.15) is 0 Å². The zero-order valence-electron chi connectivity index (χ0n) is 14.2. The molecule has 23 heavy (non-hydrogen) atoms. The molecule has 1 aromatic rings. The first-order valence-corrected chi connectivity index (χ1v) is 8.09. The number of carbonyl (C=O) groups excluding carboxylic acids is 1. The molecule has 1 aliphatic rings. The highest BCUT2D eigenvalue weighted by Gasteiger charge is 2.23. The average molecular weight is 322 g/mol. The summed E-state index contributed by atoms with van der Waals surface area (Å²) in [5.41, 5.74) is 0.934. The Bertz CT molecular complexity index is 506. The number of rotatable bonds is 7. The maximum Gasteiger partial charge on any atom is 0.337 e. The second-order valence-corrected chi connectivity index (χ2v) is 6.10. The highest BCUT2D eigenvalue weighted by molar-refractivity contribution is 5.89. The van der Waals surface area contributed by atoms with Crippen LogP contribution in [-0.4, -0.2) is 39.2 Å². The van der Waals surface area contributed by atoms with Crippen molar-refractivity contribution in [3.8, 4) is 0 Å². The fourth-order valence-electron chi connectivity index (χ4n) is 2.54. The van der Waals surface area contributed by atoms with Crippen LogP contribution in [0.15, 0.2) is 24.3 Å². The molecule has 1 aliphatic heterocycles. The highest BCUT2D eigenvalue weighted by Crippen LogP contribution is 2.25. The van der Waals surface area contributed by atoms with Crippen LogP contribution in [-0.2, 0) is 24.5 Å². The van der Waals surface area contributed by atoms with Crippen LogP contribution >= 0.6 is 0 Å². The molecule has 1 saturated heterocycles. The van der Waals surface area contributed by atoms with Crippen molar-refractivity contribution in [2.45, 2.75) is 45.0 Å². The number of carbonyl (C=O) groups is 1. The number of esters is 1. The van der Waals surface area contributed by atoms with E-state index in [9.17, 15) is 4.79 Å². The van der Waals surface area contributed by atoms with Gasteiger partial charge in [0.25, 0.3) is 0 Å². The third kappa shape index (κ3) is 5.30. The van der Waals surface area contributed by atoms with Gasteiger partial charge in [0.05, 0.1) is 31.5 Å². The Balaban J connectivity index is 1.84. The molecule has 1 fully saturated rings. The molecule has 128 valence electrons. The first kappa shape index (κ1) is 17.9. The van der Waals surface area contributed by atoms with Crippen LogP contribution in [0.4, 0.5) is 0 Å². The van der Waals surface area contributed by atoms with Crippen molar-refractivity contribution in [2.24, 2.45) is 0 Å². The van der Waals surface area contributed by atoms with Gasteiger partial charge < -0.3 is 18.9 Å². The van der Waals surface area contributed by atoms with Crippen molar-refractivity contribution >= 4 is 5.97 Å². The Morgan fingerprint density at radius 1 is 1.30 bits per heavy atom. The van der Waals surface area contributed by atoms with Gasteiger partial charge in [0.2, 0.25) is 0 Å². The predicted molar refractivity (Wildman–Crippen MR) is 86.3 cm³/mol. The number of benzene rings is 1. The Morgan fingerprint density at radius 2 is 2.13 bits per heavy atom. The standard InChI is InChI=1S/C18H26O5/c1-18(2,15-8-6-7-14(13-15)17(19)20-3)23-12-11-22-16-9-4-5-10-21-16/h6-8,13,16H,4-5,9-12H2,1-3H3. The van der Waals surface area contributed by atoms with Crippen molar-refractivity contribution in [3.63, 3.8) is 0 Å². The van der Waals surface area contributed by atoms with Gasteiger partial charge in [-0.05, 0) is 50.8 Å². The lowest BCUT2D eigenvalue weighted by Crippen LogP contribution is -2.27. The van der Waals surface area contributed by atoms with Crippen LogP contribution in [0.5, 0.6) is 0 Å². The number of methoxy groups -OCH3 is 1. The Kier molecular flexibility index (Phi) is 6.57. The molecule has 0 saturated carbocycles. The van der Waals surface area contributed by atoms with Crippen molar-refractivity contribution in [3.05, 3.63) is 35.4 Å². The topological polar surface area (TPSA) is 54.0 Å². The SMILES string of the molecule is COC(=O)c1cccc(C(C)(C)OCCOC2CCCCO2)c1. The molecule has 0 aromatic heterocycles. The smallest absolute Gasteiger partial charge is 0.337 e. The Morgan fingerprint density at radius 3 is 2.83 bits per heavy atom. The van der Waals surface area contributed by atoms with E-state index in [1.54, 1.807) is 12.1 Å². The molecule has 0 bridgehead atoms. The molecule has 5 heteroatoms. The summed E-state index contributed by atoms with van der Waals surface area (Å²) in [7, 11) is 1.38. The van der Waals surface area contributed by atoms with Gasteiger partial charge in [-0.3, -0.25) is 0 Å². The van der Waals surface area contributed by atoms with Crippen LogP contribution in [0.1, 0.15) is 49.0 Å². The lowest BCUT2D eigenvalue weighted by Gasteiger charge is -2.27. The lowest BCUT2D eigenvalue weighted by molar-refractivity contribution is -0.176. The van der Waals surface area contributed by atoms with E-state index in [1.807, 2.05) is 26.0 Å². The van der Waals surface area contributed by atoms with Crippen LogP contribution in [0.2, 0.25) is 0 Å². The van der Waals surface area contributed by atoms with Crippen LogP contribution < -0.4 is 0 Å². The first-order valence-electron chi connectivity index (χ1n) is 8.09. The summed E-state index contributed by atoms with van der Waals surface area (Å²) >= 11 is 0. The predicted octanol–water partition coefficient (Wildman–Crippen LogP) is 3.27. The minimum Gasteiger partial charge on any atom is -0.465 e. The zero-order chi connectivity index (χ0) is 16.7. The molecular weight excluding hydrogens is 296 g/mol. The quantitative estimate of drug-likeness (QED) is 0.570. The first-order chi connectivity index (χ1) is 11.0. The van der Waals surface area contributed by atoms with Crippen molar-refractivity contribution in [2.75, 3.05) is 26.9 Å². The third-order valence-electron chi connectivity index (χ3n) is 3.97. The number of hydrogen-bond donors (Lipinski definition) is 0. The van der Waals surface area contributed by atoms with Gasteiger partial charge >= 0.3 is 5.97 Å². The fraction of sp³-hybridized carbons (Fsp3) is 0.611. The van der Waals surface area contributed by atoms with Crippen molar-refractivity contribution in [1.82, 2.24) is 0 Å². The van der Waals surface area contributed by atoms with E-state index in [0.717, 1.165) is 31.4 Å². The van der Waals surface area contributed by atoms with Gasteiger partial charge in [-0.25, -0.2) is 4.79 Å². The highest BCUT2D eigenvalue weighted by atomic mass is 16.7. The van der Waals surface area contributed by atoms with Crippen molar-refractivity contribution in [1.29, 1.82) is 0 Å². The summed E-state index contributed by atoms with van der Waals surface area (Å²) < 4.78 is 21.9.